The molecular weight excluding hydrogens is 419 g/mol. The molecule has 5 rings (SSSR count). The van der Waals surface area contributed by atoms with Gasteiger partial charge in [-0.05, 0) is 23.8 Å². The lowest BCUT2D eigenvalue weighted by Gasteiger charge is -2.31. The number of pyridine rings is 1. The molecule has 1 N–H and O–H groups in total. The molecule has 1 aliphatic carbocycles. The van der Waals surface area contributed by atoms with Crippen LogP contribution in [0.2, 0.25) is 0 Å². The predicted octanol–water partition coefficient (Wildman–Crippen LogP) is 4.79. The van der Waals surface area contributed by atoms with E-state index < -0.39 is 17.1 Å². The van der Waals surface area contributed by atoms with Crippen molar-refractivity contribution in [2.75, 3.05) is 13.1 Å². The van der Waals surface area contributed by atoms with Crippen LogP contribution < -0.4 is 0 Å². The summed E-state index contributed by atoms with van der Waals surface area (Å²) in [5, 5.41) is 10.7. The lowest BCUT2D eigenvalue weighted by atomic mass is 9.93. The van der Waals surface area contributed by atoms with Gasteiger partial charge < -0.3 is 14.9 Å². The maximum absolute atomic E-state index is 14.2. The van der Waals surface area contributed by atoms with Gasteiger partial charge in [0, 0.05) is 48.6 Å². The zero-order valence-corrected chi connectivity index (χ0v) is 17.9. The summed E-state index contributed by atoms with van der Waals surface area (Å²) in [6.45, 7) is 15.2. The predicted molar refractivity (Wildman–Crippen MR) is 121 cm³/mol. The number of fused-ring (bicyclic) bond motifs is 1. The van der Waals surface area contributed by atoms with Crippen molar-refractivity contribution in [3.8, 4) is 11.1 Å². The Hall–Kier alpha value is -3.81. The molecule has 3 aromatic rings. The van der Waals surface area contributed by atoms with Crippen molar-refractivity contribution >= 4 is 16.8 Å². The monoisotopic (exact) mass is 440 g/mol. The molecule has 2 aliphatic rings. The van der Waals surface area contributed by atoms with Crippen molar-refractivity contribution in [3.63, 3.8) is 0 Å². The second-order valence-electron chi connectivity index (χ2n) is 8.82. The molecule has 1 aromatic heterocycles. The van der Waals surface area contributed by atoms with E-state index in [1.165, 1.54) is 18.3 Å². The van der Waals surface area contributed by atoms with Crippen LogP contribution in [0.1, 0.15) is 41.6 Å². The molecular formula is C26H21FN4O2. The van der Waals surface area contributed by atoms with Crippen LogP contribution >= 0.6 is 0 Å². The van der Waals surface area contributed by atoms with E-state index in [1.807, 2.05) is 24.3 Å². The van der Waals surface area contributed by atoms with Gasteiger partial charge in [0.05, 0.1) is 23.9 Å². The van der Waals surface area contributed by atoms with Gasteiger partial charge in [-0.15, -0.1) is 0 Å². The molecule has 33 heavy (non-hydrogen) atoms. The van der Waals surface area contributed by atoms with Crippen molar-refractivity contribution < 1.29 is 14.3 Å². The van der Waals surface area contributed by atoms with Gasteiger partial charge in [-0.25, -0.2) is 17.5 Å². The number of piperidine rings is 1. The average molecular weight is 440 g/mol. The minimum atomic E-state index is -1.43. The molecule has 1 saturated heterocycles. The van der Waals surface area contributed by atoms with E-state index in [-0.39, 0.29) is 31.8 Å². The topological polar surface area (TPSA) is 62.1 Å². The van der Waals surface area contributed by atoms with E-state index in [2.05, 4.69) is 14.7 Å². The summed E-state index contributed by atoms with van der Waals surface area (Å²) in [4.78, 5) is 26.6. The lowest BCUT2D eigenvalue weighted by Crippen LogP contribution is -2.45. The first kappa shape index (κ1) is 21.1. The van der Waals surface area contributed by atoms with Gasteiger partial charge in [0.1, 0.15) is 5.82 Å². The van der Waals surface area contributed by atoms with E-state index in [9.17, 15) is 14.3 Å². The quantitative estimate of drug-likeness (QED) is 0.596. The Morgan fingerprint density at radius 2 is 1.73 bits per heavy atom. The third-order valence-electron chi connectivity index (χ3n) is 6.77. The summed E-state index contributed by atoms with van der Waals surface area (Å²) in [7, 11) is 0. The van der Waals surface area contributed by atoms with Gasteiger partial charge in [-0.1, -0.05) is 24.3 Å². The molecule has 2 heterocycles. The molecule has 1 amide bonds. The van der Waals surface area contributed by atoms with Gasteiger partial charge >= 0.3 is 5.72 Å². The summed E-state index contributed by atoms with van der Waals surface area (Å²) in [6.07, 6.45) is 3.56. The van der Waals surface area contributed by atoms with E-state index in [0.29, 0.717) is 22.0 Å². The Morgan fingerprint density at radius 1 is 1.03 bits per heavy atom. The minimum absolute atomic E-state index is 0.181. The van der Waals surface area contributed by atoms with Crippen LogP contribution in [0.4, 0.5) is 4.39 Å². The number of aromatic nitrogens is 1. The fraction of sp³-hybridized carbons (Fsp3) is 0.308. The first-order chi connectivity index (χ1) is 15.9. The molecule has 0 radical (unpaired) electrons. The second kappa shape index (κ2) is 7.65. The highest BCUT2D eigenvalue weighted by molar-refractivity contribution is 6.08. The number of benzene rings is 2. The maximum Gasteiger partial charge on any atom is 0.338 e. The molecule has 0 unspecified atom stereocenters. The number of rotatable bonds is 3. The summed E-state index contributed by atoms with van der Waals surface area (Å²) in [5.41, 5.74) is 1.35. The summed E-state index contributed by atoms with van der Waals surface area (Å²) in [5.74, 6) is -0.684. The summed E-state index contributed by atoms with van der Waals surface area (Å²) in [6, 6.07) is 11.9. The highest BCUT2D eigenvalue weighted by atomic mass is 19.1. The highest BCUT2D eigenvalue weighted by Gasteiger charge is 2.52. The summed E-state index contributed by atoms with van der Waals surface area (Å²) >= 11 is 0. The normalized spacial score (nSPS) is 18.4. The minimum Gasteiger partial charge on any atom is -0.338 e. The molecule has 0 atom stereocenters. The lowest BCUT2D eigenvalue weighted by molar-refractivity contribution is 0.0170. The van der Waals surface area contributed by atoms with Crippen LogP contribution in [0.15, 0.2) is 48.7 Å². The number of nitrogens with zero attached hydrogens (tertiary/aromatic N) is 4. The maximum atomic E-state index is 14.2. The Morgan fingerprint density at radius 3 is 2.33 bits per heavy atom. The largest absolute Gasteiger partial charge is 0.338 e. The molecule has 7 heteroatoms. The van der Waals surface area contributed by atoms with Gasteiger partial charge in [0.15, 0.2) is 0 Å². The number of aliphatic hydroxyl groups is 1. The Balaban J connectivity index is 1.59. The second-order valence-corrected chi connectivity index (χ2v) is 8.82. The third kappa shape index (κ3) is 3.61. The number of amides is 1. The molecule has 2 aromatic carbocycles. The van der Waals surface area contributed by atoms with E-state index in [4.69, 9.17) is 13.1 Å². The van der Waals surface area contributed by atoms with Crippen molar-refractivity contribution in [1.29, 1.82) is 0 Å². The number of hydrogen-bond acceptors (Lipinski definition) is 3. The fourth-order valence-electron chi connectivity index (χ4n) is 4.52. The molecule has 1 saturated carbocycles. The first-order valence-corrected chi connectivity index (χ1v) is 10.9. The van der Waals surface area contributed by atoms with Crippen LogP contribution in [0.25, 0.3) is 31.7 Å². The highest BCUT2D eigenvalue weighted by Crippen LogP contribution is 2.50. The molecule has 0 bridgehead atoms. The van der Waals surface area contributed by atoms with Crippen molar-refractivity contribution in [3.05, 3.63) is 88.4 Å². The Bertz CT molecular complexity index is 1340. The zero-order valence-electron chi connectivity index (χ0n) is 17.9. The van der Waals surface area contributed by atoms with Crippen LogP contribution in [0.5, 0.6) is 0 Å². The Kier molecular flexibility index (Phi) is 4.88. The van der Waals surface area contributed by atoms with Gasteiger partial charge in [0.2, 0.25) is 0 Å². The smallest absolute Gasteiger partial charge is 0.338 e. The van der Waals surface area contributed by atoms with Crippen molar-refractivity contribution in [2.24, 2.45) is 0 Å². The molecule has 6 nitrogen and oxygen atoms in total. The third-order valence-corrected chi connectivity index (χ3v) is 6.77. The van der Waals surface area contributed by atoms with Crippen LogP contribution in [0, 0.1) is 19.0 Å². The van der Waals surface area contributed by atoms with Crippen molar-refractivity contribution in [2.45, 2.75) is 36.9 Å². The first-order valence-electron chi connectivity index (χ1n) is 10.9. The number of carbonyl (C=O) groups excluding carboxylic acids is 1. The van der Waals surface area contributed by atoms with E-state index >= 15 is 0 Å². The number of carbonyl (C=O) groups is 1. The Labute approximate surface area is 190 Å². The van der Waals surface area contributed by atoms with E-state index in [0.717, 1.165) is 24.0 Å². The van der Waals surface area contributed by atoms with Crippen LogP contribution in [0.3, 0.4) is 0 Å². The molecule has 2 fully saturated rings. The van der Waals surface area contributed by atoms with Gasteiger partial charge in [-0.2, -0.15) is 0 Å². The van der Waals surface area contributed by atoms with Gasteiger partial charge in [0.25, 0.3) is 11.4 Å². The molecule has 1 aliphatic heterocycles. The summed E-state index contributed by atoms with van der Waals surface area (Å²) < 4.78 is 14.2. The van der Waals surface area contributed by atoms with Crippen molar-refractivity contribution in [1.82, 2.24) is 9.88 Å². The van der Waals surface area contributed by atoms with Crippen LogP contribution in [-0.2, 0) is 5.54 Å². The fourth-order valence-corrected chi connectivity index (χ4v) is 4.52. The molecule has 164 valence electrons. The van der Waals surface area contributed by atoms with Gasteiger partial charge in [-0.3, -0.25) is 14.6 Å². The molecule has 0 spiro atoms. The SMILES string of the molecule is [C-]#[N+]C1(O)CCN(C(=O)c2cnc3ccc(F)cc3c2-c2ccc(C3([N+]#[C-])CC3)cc2)CC1. The average Bonchev–Trinajstić information content (AvgIpc) is 3.65. The van der Waals surface area contributed by atoms with Crippen LogP contribution in [-0.4, -0.2) is 39.7 Å². The number of hydrogen-bond donors (Lipinski definition) is 1. The number of likely N-dealkylation sites (tertiary alicyclic amines) is 1. The van der Waals surface area contributed by atoms with E-state index in [1.54, 1.807) is 11.0 Å². The zero-order chi connectivity index (χ0) is 23.2. The standard InChI is InChI=1S/C26H21FN4O2/c1-28-25(9-10-25)18-5-3-17(4-6-18)23-20-15-19(27)7-8-22(20)30-16-21(23)24(32)31-13-11-26(33,29-2)12-14-31/h3-8,15-16,33H,9-14H2. The number of halogens is 1.